The van der Waals surface area contributed by atoms with E-state index >= 15 is 0 Å². The van der Waals surface area contributed by atoms with Crippen molar-refractivity contribution in [1.29, 1.82) is 0 Å². The van der Waals surface area contributed by atoms with Gasteiger partial charge in [0, 0.05) is 12.0 Å². The van der Waals surface area contributed by atoms with E-state index in [4.69, 9.17) is 4.74 Å². The molecule has 0 spiro atoms. The van der Waals surface area contributed by atoms with E-state index in [1.807, 2.05) is 20.2 Å². The van der Waals surface area contributed by atoms with Crippen molar-refractivity contribution < 1.29 is 24.3 Å². The molecule has 0 aliphatic carbocycles. The Balaban J connectivity index is 0. The Morgan fingerprint density at radius 3 is 2.20 bits per heavy atom. The summed E-state index contributed by atoms with van der Waals surface area (Å²) >= 11 is 0. The van der Waals surface area contributed by atoms with E-state index in [9.17, 15) is 14.7 Å². The molecule has 118 valence electrons. The van der Waals surface area contributed by atoms with Crippen molar-refractivity contribution in [3.63, 3.8) is 0 Å². The van der Waals surface area contributed by atoms with Crippen LogP contribution in [0.5, 0.6) is 0 Å². The molecule has 20 heavy (non-hydrogen) atoms. The highest BCUT2D eigenvalue weighted by molar-refractivity contribution is 5.81. The molecule has 0 aliphatic heterocycles. The van der Waals surface area contributed by atoms with E-state index in [0.29, 0.717) is 13.2 Å². The second kappa shape index (κ2) is 15.7. The number of carboxylic acids is 1. The van der Waals surface area contributed by atoms with Crippen LogP contribution in [0.3, 0.4) is 0 Å². The first-order valence-corrected chi connectivity index (χ1v) is 7.26. The Kier molecular flexibility index (Phi) is 16.4. The molecule has 0 atom stereocenters. The highest BCUT2D eigenvalue weighted by Gasteiger charge is 1.98. The minimum Gasteiger partial charge on any atom is -0.550 e. The number of carbonyl (C=O) groups excluding carboxylic acids is 2. The number of hydrogen-bond donors (Lipinski definition) is 1. The Morgan fingerprint density at radius 1 is 1.15 bits per heavy atom. The molecule has 0 aliphatic rings. The normalized spacial score (nSPS) is 10.2. The van der Waals surface area contributed by atoms with E-state index in [1.54, 1.807) is 6.92 Å². The fourth-order valence-electron chi connectivity index (χ4n) is 1.16. The van der Waals surface area contributed by atoms with Crippen molar-refractivity contribution >= 4 is 11.9 Å². The first-order chi connectivity index (χ1) is 9.43. The van der Waals surface area contributed by atoms with E-state index in [1.165, 1.54) is 18.9 Å². The average molecular weight is 287 g/mol. The molecule has 5 nitrogen and oxygen atoms in total. The number of quaternary nitrogens is 1. The van der Waals surface area contributed by atoms with Gasteiger partial charge in [-0.2, -0.15) is 0 Å². The zero-order valence-corrected chi connectivity index (χ0v) is 13.2. The lowest BCUT2D eigenvalue weighted by Crippen LogP contribution is -3.06. The third-order valence-corrected chi connectivity index (χ3v) is 2.19. The molecule has 0 aromatic rings. The van der Waals surface area contributed by atoms with Gasteiger partial charge in [0.1, 0.15) is 0 Å². The van der Waals surface area contributed by atoms with Crippen molar-refractivity contribution in [2.45, 2.75) is 52.4 Å². The van der Waals surface area contributed by atoms with Crippen molar-refractivity contribution in [2.75, 3.05) is 20.8 Å². The van der Waals surface area contributed by atoms with Crippen LogP contribution in [-0.2, 0) is 14.3 Å². The summed E-state index contributed by atoms with van der Waals surface area (Å²) in [4.78, 5) is 21.7. The molecule has 0 bridgehead atoms. The van der Waals surface area contributed by atoms with Crippen LogP contribution in [0.15, 0.2) is 12.2 Å². The van der Waals surface area contributed by atoms with Crippen LogP contribution < -0.4 is 10.0 Å². The smallest absolute Gasteiger partial charge is 0.334 e. The van der Waals surface area contributed by atoms with Crippen LogP contribution in [0, 0.1) is 0 Å². The van der Waals surface area contributed by atoms with Gasteiger partial charge < -0.3 is 19.5 Å². The van der Waals surface area contributed by atoms with E-state index in [-0.39, 0.29) is 12.4 Å². The van der Waals surface area contributed by atoms with Crippen molar-refractivity contribution in [3.05, 3.63) is 12.2 Å². The third-order valence-electron chi connectivity index (χ3n) is 2.19. The maximum atomic E-state index is 11.1. The largest absolute Gasteiger partial charge is 0.550 e. The summed E-state index contributed by atoms with van der Waals surface area (Å²) < 4.78 is 4.95. The molecule has 0 aromatic carbocycles. The molecule has 0 saturated carbocycles. The SMILES string of the molecule is CCCC(=O)[O-].CCCCC/C=C/C(=O)OC[NH+](C)C. The quantitative estimate of drug-likeness (QED) is 0.287. The summed E-state index contributed by atoms with van der Waals surface area (Å²) in [5, 5.41) is 9.49. The van der Waals surface area contributed by atoms with Gasteiger partial charge in [0.15, 0.2) is 0 Å². The van der Waals surface area contributed by atoms with Crippen molar-refractivity contribution in [2.24, 2.45) is 0 Å². The molecule has 1 N–H and O–H groups in total. The Hall–Kier alpha value is -1.36. The first-order valence-electron chi connectivity index (χ1n) is 7.26. The van der Waals surface area contributed by atoms with E-state index < -0.39 is 5.97 Å². The van der Waals surface area contributed by atoms with Gasteiger partial charge in [-0.3, -0.25) is 0 Å². The lowest BCUT2D eigenvalue weighted by Gasteiger charge is -2.05. The zero-order chi connectivity index (χ0) is 15.8. The molecule has 0 saturated heterocycles. The van der Waals surface area contributed by atoms with E-state index in [2.05, 4.69) is 6.92 Å². The van der Waals surface area contributed by atoms with Gasteiger partial charge >= 0.3 is 5.97 Å². The summed E-state index contributed by atoms with van der Waals surface area (Å²) in [6.07, 6.45) is 8.82. The van der Waals surface area contributed by atoms with Gasteiger partial charge in [-0.25, -0.2) is 4.79 Å². The second-order valence-electron chi connectivity index (χ2n) is 4.83. The molecule has 5 heteroatoms. The van der Waals surface area contributed by atoms with Gasteiger partial charge in [-0.1, -0.05) is 39.2 Å². The molecule has 0 heterocycles. The molecular formula is C15H29NO4. The zero-order valence-electron chi connectivity index (χ0n) is 13.2. The van der Waals surface area contributed by atoms with Gasteiger partial charge in [0.2, 0.25) is 6.73 Å². The average Bonchev–Trinajstić information content (AvgIpc) is 2.36. The third kappa shape index (κ3) is 21.9. The van der Waals surface area contributed by atoms with E-state index in [0.717, 1.165) is 17.7 Å². The predicted octanol–water partition coefficient (Wildman–Crippen LogP) is 0.305. The summed E-state index contributed by atoms with van der Waals surface area (Å²) in [6, 6.07) is 0. The highest BCUT2D eigenvalue weighted by Crippen LogP contribution is 1.99. The summed E-state index contributed by atoms with van der Waals surface area (Å²) in [6.45, 7) is 4.39. The molecule has 0 rings (SSSR count). The van der Waals surface area contributed by atoms with Crippen LogP contribution in [0.2, 0.25) is 0 Å². The van der Waals surface area contributed by atoms with Crippen LogP contribution in [0.4, 0.5) is 0 Å². The topological polar surface area (TPSA) is 70.9 Å². The number of rotatable bonds is 9. The van der Waals surface area contributed by atoms with Crippen molar-refractivity contribution in [1.82, 2.24) is 0 Å². The molecule has 0 unspecified atom stereocenters. The first kappa shape index (κ1) is 20.9. The second-order valence-corrected chi connectivity index (χ2v) is 4.83. The number of esters is 1. The fourth-order valence-corrected chi connectivity index (χ4v) is 1.16. The van der Waals surface area contributed by atoms with Crippen LogP contribution in [-0.4, -0.2) is 32.8 Å². The number of allylic oxidation sites excluding steroid dienone is 1. The highest BCUT2D eigenvalue weighted by atomic mass is 16.5. The standard InChI is InChI=1S/C11H21NO2.C4H8O2/c1-4-5-6-7-8-9-11(13)14-10-12(2)3;1-2-3-4(5)6/h8-9H,4-7,10H2,1-3H3;2-3H2,1H3,(H,5,6)/b9-8+;. The Bertz CT molecular complexity index is 275. The maximum absolute atomic E-state index is 11.1. The van der Waals surface area contributed by atoms with Crippen LogP contribution >= 0.6 is 0 Å². The minimum absolute atomic E-state index is 0.181. The number of carbonyl (C=O) groups is 2. The van der Waals surface area contributed by atoms with Crippen molar-refractivity contribution in [3.8, 4) is 0 Å². The maximum Gasteiger partial charge on any atom is 0.334 e. The Morgan fingerprint density at radius 2 is 1.80 bits per heavy atom. The number of unbranched alkanes of at least 4 members (excludes halogenated alkanes) is 3. The van der Waals surface area contributed by atoms with Gasteiger partial charge in [0.25, 0.3) is 0 Å². The number of ether oxygens (including phenoxy) is 1. The number of nitrogens with one attached hydrogen (secondary N) is 1. The fraction of sp³-hybridized carbons (Fsp3) is 0.733. The molecule has 0 aromatic heterocycles. The number of aliphatic carboxylic acids is 1. The van der Waals surface area contributed by atoms with Gasteiger partial charge in [0.05, 0.1) is 14.1 Å². The molecule has 0 amide bonds. The summed E-state index contributed by atoms with van der Waals surface area (Å²) in [5.41, 5.74) is 0. The van der Waals surface area contributed by atoms with Crippen LogP contribution in [0.25, 0.3) is 0 Å². The minimum atomic E-state index is -0.961. The van der Waals surface area contributed by atoms with Gasteiger partial charge in [-0.05, 0) is 19.3 Å². The molecular weight excluding hydrogens is 258 g/mol. The number of hydrogen-bond acceptors (Lipinski definition) is 4. The summed E-state index contributed by atoms with van der Waals surface area (Å²) in [7, 11) is 3.89. The number of carboxylic acid groups (broad SMARTS) is 1. The van der Waals surface area contributed by atoms with Gasteiger partial charge in [-0.15, -0.1) is 0 Å². The predicted molar refractivity (Wildman–Crippen MR) is 77.0 cm³/mol. The molecule has 0 radical (unpaired) electrons. The lowest BCUT2D eigenvalue weighted by molar-refractivity contribution is -0.877. The monoisotopic (exact) mass is 287 g/mol. The molecule has 0 fully saturated rings. The lowest BCUT2D eigenvalue weighted by atomic mass is 10.2. The Labute approximate surface area is 122 Å². The van der Waals surface area contributed by atoms with Crippen LogP contribution in [0.1, 0.15) is 52.4 Å². The summed E-state index contributed by atoms with van der Waals surface area (Å²) in [5.74, 6) is -1.19.